The van der Waals surface area contributed by atoms with Gasteiger partial charge in [0.15, 0.2) is 11.6 Å². The number of hydrogen-bond acceptors (Lipinski definition) is 4. The van der Waals surface area contributed by atoms with Gasteiger partial charge >= 0.3 is 5.97 Å². The van der Waals surface area contributed by atoms with Gasteiger partial charge in [-0.05, 0) is 31.0 Å². The van der Waals surface area contributed by atoms with Gasteiger partial charge in [0.2, 0.25) is 0 Å². The van der Waals surface area contributed by atoms with Crippen LogP contribution in [0.15, 0.2) is 18.2 Å². The number of carbonyl (C=O) groups is 1. The number of aliphatic carboxylic acids is 1. The van der Waals surface area contributed by atoms with Crippen LogP contribution in [0.5, 0.6) is 5.75 Å². The van der Waals surface area contributed by atoms with Gasteiger partial charge in [-0.2, -0.15) is 0 Å². The zero-order valence-corrected chi connectivity index (χ0v) is 10.6. The van der Waals surface area contributed by atoms with E-state index in [9.17, 15) is 9.18 Å². The van der Waals surface area contributed by atoms with Crippen LogP contribution in [0.2, 0.25) is 0 Å². The van der Waals surface area contributed by atoms with E-state index >= 15 is 0 Å². The molecule has 0 aliphatic heterocycles. The fraction of sp³-hybridized carbons (Fsp3) is 0.231. The molecule has 19 heavy (non-hydrogen) atoms. The summed E-state index contributed by atoms with van der Waals surface area (Å²) in [5, 5.41) is 18.8. The Balaban J connectivity index is 2.02. The highest BCUT2D eigenvalue weighted by Crippen LogP contribution is 2.40. The van der Waals surface area contributed by atoms with Crippen LogP contribution in [0.25, 0.3) is 10.6 Å². The molecule has 0 saturated carbocycles. The van der Waals surface area contributed by atoms with Crippen LogP contribution in [0.4, 0.5) is 4.39 Å². The summed E-state index contributed by atoms with van der Waals surface area (Å²) < 4.78 is 13.3. The molecule has 1 aromatic heterocycles. The Morgan fingerprint density at radius 1 is 1.47 bits per heavy atom. The van der Waals surface area contributed by atoms with E-state index in [0.29, 0.717) is 29.1 Å². The van der Waals surface area contributed by atoms with E-state index < -0.39 is 23.5 Å². The number of benzene rings is 1. The lowest BCUT2D eigenvalue weighted by Gasteiger charge is -2.02. The van der Waals surface area contributed by atoms with Crippen LogP contribution in [0.3, 0.4) is 0 Å². The Labute approximate surface area is 112 Å². The molecule has 1 aromatic carbocycles. The molecular weight excluding hydrogens is 269 g/mol. The number of carboxylic acid groups (broad SMARTS) is 1. The van der Waals surface area contributed by atoms with Gasteiger partial charge in [0.05, 0.1) is 5.69 Å². The van der Waals surface area contributed by atoms with Gasteiger partial charge in [0, 0.05) is 10.4 Å². The van der Waals surface area contributed by atoms with Crippen LogP contribution in [-0.4, -0.2) is 21.2 Å². The van der Waals surface area contributed by atoms with Gasteiger partial charge in [-0.25, -0.2) is 9.37 Å². The lowest BCUT2D eigenvalue weighted by Crippen LogP contribution is -2.08. The molecular formula is C13H10FNO3S. The molecule has 3 rings (SSSR count). The number of phenolic OH excluding ortho intramolecular Hbond substituents is 1. The minimum absolute atomic E-state index is 0.406. The van der Waals surface area contributed by atoms with Crippen molar-refractivity contribution in [3.8, 4) is 16.3 Å². The molecule has 0 saturated heterocycles. The van der Waals surface area contributed by atoms with Crippen molar-refractivity contribution in [1.29, 1.82) is 0 Å². The molecule has 0 spiro atoms. The molecule has 4 nitrogen and oxygen atoms in total. The number of phenols is 1. The highest BCUT2D eigenvalue weighted by molar-refractivity contribution is 7.15. The number of hydrogen-bond donors (Lipinski definition) is 2. The first kappa shape index (κ1) is 12.1. The summed E-state index contributed by atoms with van der Waals surface area (Å²) in [5.41, 5.74) is 1.15. The van der Waals surface area contributed by atoms with Gasteiger partial charge in [0.1, 0.15) is 10.9 Å². The maximum atomic E-state index is 13.3. The molecule has 6 heteroatoms. The molecule has 1 aliphatic rings. The fourth-order valence-corrected chi connectivity index (χ4v) is 3.37. The number of carboxylic acids is 1. The summed E-state index contributed by atoms with van der Waals surface area (Å²) in [6.45, 7) is 0. The van der Waals surface area contributed by atoms with Gasteiger partial charge in [0.25, 0.3) is 0 Å². The normalized spacial score (nSPS) is 17.4. The van der Waals surface area contributed by atoms with E-state index in [1.54, 1.807) is 6.07 Å². The average Bonchev–Trinajstić information content (AvgIpc) is 2.91. The van der Waals surface area contributed by atoms with Crippen LogP contribution in [-0.2, 0) is 11.2 Å². The molecule has 2 aromatic rings. The van der Waals surface area contributed by atoms with Crippen molar-refractivity contribution in [2.75, 3.05) is 0 Å². The first-order valence-corrected chi connectivity index (χ1v) is 6.59. The molecule has 98 valence electrons. The van der Waals surface area contributed by atoms with E-state index in [2.05, 4.69) is 4.98 Å². The quantitative estimate of drug-likeness (QED) is 0.886. The number of nitrogens with zero attached hydrogens (tertiary/aromatic N) is 1. The van der Waals surface area contributed by atoms with Crippen LogP contribution in [0, 0.1) is 5.82 Å². The number of aromatic hydroxyl groups is 1. The summed E-state index contributed by atoms with van der Waals surface area (Å²) >= 11 is 1.39. The van der Waals surface area contributed by atoms with E-state index in [0.717, 1.165) is 4.88 Å². The van der Waals surface area contributed by atoms with Crippen LogP contribution >= 0.6 is 11.3 Å². The lowest BCUT2D eigenvalue weighted by molar-refractivity contribution is -0.138. The lowest BCUT2D eigenvalue weighted by atomic mass is 10.1. The first-order valence-electron chi connectivity index (χ1n) is 5.77. The molecule has 1 aliphatic carbocycles. The highest BCUT2D eigenvalue weighted by Gasteiger charge is 2.32. The third kappa shape index (κ3) is 1.98. The number of rotatable bonds is 2. The second-order valence-corrected chi connectivity index (χ2v) is 5.51. The zero-order chi connectivity index (χ0) is 13.6. The standard InChI is InChI=1S/C13H10FNO3S/c14-8-5-6(1-3-9(8)16)12-15-11-7(13(17)18)2-4-10(11)19-12/h1,3,5,7,16H,2,4H2,(H,17,18). The van der Waals surface area contributed by atoms with Crippen molar-refractivity contribution in [2.24, 2.45) is 0 Å². The molecule has 1 atom stereocenters. The molecule has 0 bridgehead atoms. The third-order valence-corrected chi connectivity index (χ3v) is 4.39. The number of halogens is 1. The second-order valence-electron chi connectivity index (χ2n) is 4.42. The predicted octanol–water partition coefficient (Wildman–Crippen LogP) is 2.77. The smallest absolute Gasteiger partial charge is 0.312 e. The number of thiazole rings is 1. The summed E-state index contributed by atoms with van der Waals surface area (Å²) in [6.07, 6.45) is 1.28. The number of aryl methyl sites for hydroxylation is 1. The van der Waals surface area contributed by atoms with Crippen LogP contribution < -0.4 is 0 Å². The Kier molecular flexibility index (Phi) is 2.74. The topological polar surface area (TPSA) is 70.4 Å². The second kappa shape index (κ2) is 4.31. The first-order chi connectivity index (χ1) is 9.06. The summed E-state index contributed by atoms with van der Waals surface area (Å²) in [4.78, 5) is 16.4. The van der Waals surface area contributed by atoms with Gasteiger partial charge in [-0.1, -0.05) is 0 Å². The van der Waals surface area contributed by atoms with E-state index in [1.165, 1.54) is 23.5 Å². The Morgan fingerprint density at radius 2 is 2.26 bits per heavy atom. The summed E-state index contributed by atoms with van der Waals surface area (Å²) in [6, 6.07) is 4.05. The maximum Gasteiger partial charge on any atom is 0.312 e. The van der Waals surface area contributed by atoms with Gasteiger partial charge < -0.3 is 10.2 Å². The average molecular weight is 279 g/mol. The van der Waals surface area contributed by atoms with Crippen molar-refractivity contribution in [3.63, 3.8) is 0 Å². The minimum atomic E-state index is -0.868. The Bertz CT molecular complexity index is 668. The molecule has 0 radical (unpaired) electrons. The van der Waals surface area contributed by atoms with Crippen molar-refractivity contribution in [1.82, 2.24) is 4.98 Å². The van der Waals surface area contributed by atoms with Crippen molar-refractivity contribution in [2.45, 2.75) is 18.8 Å². The van der Waals surface area contributed by atoms with E-state index in [4.69, 9.17) is 10.2 Å². The third-order valence-electron chi connectivity index (χ3n) is 3.21. The molecule has 0 amide bonds. The van der Waals surface area contributed by atoms with Crippen LogP contribution in [0.1, 0.15) is 22.9 Å². The number of aromatic nitrogens is 1. The summed E-state index contributed by atoms with van der Waals surface area (Å²) in [7, 11) is 0. The predicted molar refractivity (Wildman–Crippen MR) is 67.9 cm³/mol. The minimum Gasteiger partial charge on any atom is -0.505 e. The largest absolute Gasteiger partial charge is 0.505 e. The number of fused-ring (bicyclic) bond motifs is 1. The Hall–Kier alpha value is -1.95. The van der Waals surface area contributed by atoms with Gasteiger partial charge in [-0.15, -0.1) is 11.3 Å². The zero-order valence-electron chi connectivity index (χ0n) is 9.76. The van der Waals surface area contributed by atoms with Crippen molar-refractivity contribution >= 4 is 17.3 Å². The molecule has 0 fully saturated rings. The van der Waals surface area contributed by atoms with Crippen molar-refractivity contribution < 1.29 is 19.4 Å². The monoisotopic (exact) mass is 279 g/mol. The highest BCUT2D eigenvalue weighted by atomic mass is 32.1. The molecule has 1 unspecified atom stereocenters. The van der Waals surface area contributed by atoms with E-state index in [-0.39, 0.29) is 0 Å². The molecule has 1 heterocycles. The van der Waals surface area contributed by atoms with Gasteiger partial charge in [-0.3, -0.25) is 4.79 Å². The fourth-order valence-electron chi connectivity index (χ4n) is 2.23. The molecule has 2 N–H and O–H groups in total. The van der Waals surface area contributed by atoms with E-state index in [1.807, 2.05) is 0 Å². The SMILES string of the molecule is O=C(O)C1CCc2sc(-c3ccc(O)c(F)c3)nc21. The van der Waals surface area contributed by atoms with Crippen molar-refractivity contribution in [3.05, 3.63) is 34.6 Å². The maximum absolute atomic E-state index is 13.3. The summed E-state index contributed by atoms with van der Waals surface area (Å²) in [5.74, 6) is -2.53. The Morgan fingerprint density at radius 3 is 2.95 bits per heavy atom.